The van der Waals surface area contributed by atoms with E-state index in [0.29, 0.717) is 12.8 Å². The second-order valence-corrected chi connectivity index (χ2v) is 7.30. The number of nitrogens with one attached hydrogen (secondary N) is 1. The molecule has 1 aliphatic carbocycles. The van der Waals surface area contributed by atoms with E-state index in [1.54, 1.807) is 0 Å². The highest BCUT2D eigenvalue weighted by Crippen LogP contribution is 2.28. The molecule has 0 heterocycles. The van der Waals surface area contributed by atoms with Gasteiger partial charge in [0.15, 0.2) is 4.90 Å². The van der Waals surface area contributed by atoms with Gasteiger partial charge in [-0.1, -0.05) is 25.3 Å². The average molecular weight is 368 g/mol. The van der Waals surface area contributed by atoms with Gasteiger partial charge < -0.3 is 5.73 Å². The fourth-order valence-electron chi connectivity index (χ4n) is 2.65. The lowest BCUT2D eigenvalue weighted by atomic mass is 9.83. The maximum atomic E-state index is 13.8. The van der Waals surface area contributed by atoms with E-state index in [2.05, 4.69) is 4.72 Å². The number of nitro groups is 1. The summed E-state index contributed by atoms with van der Waals surface area (Å²) >= 11 is 0. The third kappa shape index (κ3) is 4.60. The largest absolute Gasteiger partial charge is 0.324 e. The van der Waals surface area contributed by atoms with Crippen molar-refractivity contribution in [2.45, 2.75) is 42.5 Å². The summed E-state index contributed by atoms with van der Waals surface area (Å²) in [5.41, 5.74) is 4.65. The summed E-state index contributed by atoms with van der Waals surface area (Å²) in [5.74, 6) is -1.16. The molecule has 0 amide bonds. The Morgan fingerprint density at radius 3 is 2.48 bits per heavy atom. The van der Waals surface area contributed by atoms with Crippen LogP contribution in [0.15, 0.2) is 23.1 Å². The smallest absolute Gasteiger partial charge is 0.292 e. The second-order valence-electron chi connectivity index (χ2n) is 5.59. The van der Waals surface area contributed by atoms with E-state index < -0.39 is 36.9 Å². The van der Waals surface area contributed by atoms with Gasteiger partial charge >= 0.3 is 0 Å². The third-order valence-electron chi connectivity index (χ3n) is 3.88. The fraction of sp³-hybridized carbons (Fsp3) is 0.538. The lowest BCUT2D eigenvalue weighted by molar-refractivity contribution is -0.388. The number of rotatable bonds is 5. The predicted octanol–water partition coefficient (Wildman–Crippen LogP) is 2.10. The highest BCUT2D eigenvalue weighted by molar-refractivity contribution is 7.89. The SMILES string of the molecule is Cl.NC1(CNS(=O)(=O)c2c(F)cccc2[N+](=O)[O-])CCCCC1. The van der Waals surface area contributed by atoms with Gasteiger partial charge in [0.05, 0.1) is 4.92 Å². The second kappa shape index (κ2) is 7.52. The number of sulfonamides is 1. The zero-order chi connectivity index (χ0) is 16.4. The van der Waals surface area contributed by atoms with Crippen molar-refractivity contribution in [1.82, 2.24) is 4.72 Å². The van der Waals surface area contributed by atoms with E-state index in [-0.39, 0.29) is 19.0 Å². The van der Waals surface area contributed by atoms with Gasteiger partial charge in [-0.05, 0) is 18.9 Å². The molecule has 0 spiro atoms. The van der Waals surface area contributed by atoms with Crippen LogP contribution in [-0.2, 0) is 10.0 Å². The molecule has 1 saturated carbocycles. The average Bonchev–Trinajstić information content (AvgIpc) is 2.46. The molecule has 0 radical (unpaired) electrons. The number of hydrogen-bond donors (Lipinski definition) is 2. The van der Waals surface area contributed by atoms with Crippen molar-refractivity contribution in [1.29, 1.82) is 0 Å². The molecule has 1 aromatic carbocycles. The minimum absolute atomic E-state index is 0. The minimum atomic E-state index is -4.35. The summed E-state index contributed by atoms with van der Waals surface area (Å²) in [5, 5.41) is 10.9. The highest BCUT2D eigenvalue weighted by Gasteiger charge is 2.33. The standard InChI is InChI=1S/C13H18FN3O4S.ClH/c14-10-5-4-6-11(17(18)19)12(10)22(20,21)16-9-13(15)7-2-1-3-8-13;/h4-6,16H,1-3,7-9,15H2;1H. The lowest BCUT2D eigenvalue weighted by Crippen LogP contribution is -2.51. The molecule has 130 valence electrons. The predicted molar refractivity (Wildman–Crippen MR) is 85.5 cm³/mol. The molecule has 1 aromatic rings. The van der Waals surface area contributed by atoms with Crippen LogP contribution in [0.25, 0.3) is 0 Å². The molecular weight excluding hydrogens is 349 g/mol. The van der Waals surface area contributed by atoms with Crippen LogP contribution in [0.2, 0.25) is 0 Å². The molecule has 0 unspecified atom stereocenters. The number of benzene rings is 1. The Kier molecular flexibility index (Phi) is 6.46. The maximum Gasteiger partial charge on any atom is 0.292 e. The van der Waals surface area contributed by atoms with E-state index >= 15 is 0 Å². The van der Waals surface area contributed by atoms with Gasteiger partial charge in [0.1, 0.15) is 5.82 Å². The molecule has 0 aliphatic heterocycles. The van der Waals surface area contributed by atoms with Crippen LogP contribution >= 0.6 is 12.4 Å². The van der Waals surface area contributed by atoms with Crippen LogP contribution in [0.5, 0.6) is 0 Å². The topological polar surface area (TPSA) is 115 Å². The molecule has 23 heavy (non-hydrogen) atoms. The zero-order valence-electron chi connectivity index (χ0n) is 12.3. The third-order valence-corrected chi connectivity index (χ3v) is 5.34. The molecule has 0 aromatic heterocycles. The van der Waals surface area contributed by atoms with Gasteiger partial charge in [0.25, 0.3) is 5.69 Å². The first kappa shape index (κ1) is 19.8. The maximum absolute atomic E-state index is 13.8. The molecule has 2 rings (SSSR count). The van der Waals surface area contributed by atoms with Crippen molar-refractivity contribution in [2.24, 2.45) is 5.73 Å². The van der Waals surface area contributed by atoms with Crippen LogP contribution in [0.3, 0.4) is 0 Å². The normalized spacial score (nSPS) is 17.3. The van der Waals surface area contributed by atoms with Crippen LogP contribution in [0, 0.1) is 15.9 Å². The quantitative estimate of drug-likeness (QED) is 0.610. The Bertz CT molecular complexity index is 678. The summed E-state index contributed by atoms with van der Waals surface area (Å²) in [6.45, 7) is -0.0686. The molecule has 1 fully saturated rings. The lowest BCUT2D eigenvalue weighted by Gasteiger charge is -2.33. The molecule has 3 N–H and O–H groups in total. The van der Waals surface area contributed by atoms with E-state index in [1.165, 1.54) is 0 Å². The highest BCUT2D eigenvalue weighted by atomic mass is 35.5. The van der Waals surface area contributed by atoms with E-state index in [4.69, 9.17) is 5.73 Å². The number of nitrogens with zero attached hydrogens (tertiary/aromatic N) is 1. The first-order chi connectivity index (χ1) is 10.3. The van der Waals surface area contributed by atoms with Gasteiger partial charge in [0, 0.05) is 18.2 Å². The van der Waals surface area contributed by atoms with Crippen molar-refractivity contribution < 1.29 is 17.7 Å². The molecule has 1 aliphatic rings. The van der Waals surface area contributed by atoms with Crippen LogP contribution in [0.1, 0.15) is 32.1 Å². The van der Waals surface area contributed by atoms with Gasteiger partial charge in [0.2, 0.25) is 10.0 Å². The van der Waals surface area contributed by atoms with E-state index in [0.717, 1.165) is 37.5 Å². The Hall–Kier alpha value is -1.29. The Morgan fingerprint density at radius 1 is 1.30 bits per heavy atom. The minimum Gasteiger partial charge on any atom is -0.324 e. The van der Waals surface area contributed by atoms with Crippen molar-refractivity contribution in [3.8, 4) is 0 Å². The van der Waals surface area contributed by atoms with Crippen molar-refractivity contribution in [2.75, 3.05) is 6.54 Å². The summed E-state index contributed by atoms with van der Waals surface area (Å²) in [4.78, 5) is 9.05. The van der Waals surface area contributed by atoms with Gasteiger partial charge in [-0.3, -0.25) is 10.1 Å². The van der Waals surface area contributed by atoms with E-state index in [9.17, 15) is 22.9 Å². The molecule has 10 heteroatoms. The molecule has 0 atom stereocenters. The monoisotopic (exact) mass is 367 g/mol. The Balaban J connectivity index is 0.00000264. The van der Waals surface area contributed by atoms with Gasteiger partial charge in [-0.2, -0.15) is 0 Å². The summed E-state index contributed by atoms with van der Waals surface area (Å²) < 4.78 is 40.5. The Morgan fingerprint density at radius 2 is 1.91 bits per heavy atom. The van der Waals surface area contributed by atoms with Crippen LogP contribution in [0.4, 0.5) is 10.1 Å². The molecule has 0 bridgehead atoms. The van der Waals surface area contributed by atoms with Gasteiger partial charge in [-0.15, -0.1) is 12.4 Å². The van der Waals surface area contributed by atoms with Gasteiger partial charge in [-0.25, -0.2) is 17.5 Å². The number of halogens is 2. The van der Waals surface area contributed by atoms with Crippen molar-refractivity contribution in [3.63, 3.8) is 0 Å². The number of hydrogen-bond acceptors (Lipinski definition) is 5. The summed E-state index contributed by atoms with van der Waals surface area (Å²) in [7, 11) is -4.35. The molecular formula is C13H19ClFN3O4S. The molecule has 0 saturated heterocycles. The number of nitro benzene ring substituents is 1. The van der Waals surface area contributed by atoms with Crippen LogP contribution in [-0.4, -0.2) is 25.4 Å². The molecule has 7 nitrogen and oxygen atoms in total. The summed E-state index contributed by atoms with van der Waals surface area (Å²) in [6.07, 6.45) is 4.17. The van der Waals surface area contributed by atoms with Crippen molar-refractivity contribution in [3.05, 3.63) is 34.1 Å². The van der Waals surface area contributed by atoms with Crippen molar-refractivity contribution >= 4 is 28.1 Å². The Labute approximate surface area is 140 Å². The fourth-order valence-corrected chi connectivity index (χ4v) is 4.02. The first-order valence-corrected chi connectivity index (χ1v) is 8.45. The number of nitrogens with two attached hydrogens (primary N) is 1. The zero-order valence-corrected chi connectivity index (χ0v) is 14.0. The van der Waals surface area contributed by atoms with E-state index in [1.807, 2.05) is 0 Å². The summed E-state index contributed by atoms with van der Waals surface area (Å²) in [6, 6.07) is 2.93. The van der Waals surface area contributed by atoms with Crippen LogP contribution < -0.4 is 10.5 Å². The first-order valence-electron chi connectivity index (χ1n) is 6.97.